The van der Waals surface area contributed by atoms with Gasteiger partial charge in [-0.25, -0.2) is 9.18 Å². The summed E-state index contributed by atoms with van der Waals surface area (Å²) in [6.45, 7) is 10.2. The molecule has 0 aliphatic carbocycles. The van der Waals surface area contributed by atoms with Gasteiger partial charge in [-0.3, -0.25) is 14.5 Å². The van der Waals surface area contributed by atoms with E-state index in [1.165, 1.54) is 17.0 Å². The normalized spacial score (nSPS) is 15.9. The van der Waals surface area contributed by atoms with Crippen molar-refractivity contribution in [1.82, 2.24) is 9.80 Å². The number of anilines is 1. The molecule has 1 saturated heterocycles. The molecule has 2 atom stereocenters. The zero-order valence-corrected chi connectivity index (χ0v) is 27.2. The summed E-state index contributed by atoms with van der Waals surface area (Å²) in [4.78, 5) is 45.8. The van der Waals surface area contributed by atoms with Gasteiger partial charge in [-0.2, -0.15) is 0 Å². The van der Waals surface area contributed by atoms with Crippen LogP contribution < -0.4 is 9.64 Å². The maximum absolute atomic E-state index is 14.4. The SMILES string of the molecule is CC(C)C1CN(C(=O)C(Cc2ccc(F)cc2)N(C(=O)CCl)c2ccc(Oc3ccccc3)cc2)CCN1C(=O)OC(C)(C)C. The number of halogens is 2. The molecule has 1 aliphatic rings. The lowest BCUT2D eigenvalue weighted by molar-refractivity contribution is -0.137. The first-order valence-corrected chi connectivity index (χ1v) is 15.6. The Morgan fingerprint density at radius 1 is 0.933 bits per heavy atom. The van der Waals surface area contributed by atoms with Crippen molar-refractivity contribution in [1.29, 1.82) is 0 Å². The zero-order chi connectivity index (χ0) is 32.7. The van der Waals surface area contributed by atoms with E-state index in [-0.39, 0.29) is 49.8 Å². The molecule has 240 valence electrons. The highest BCUT2D eigenvalue weighted by molar-refractivity contribution is 6.29. The highest BCUT2D eigenvalue weighted by Crippen LogP contribution is 2.29. The Hall–Kier alpha value is -4.11. The van der Waals surface area contributed by atoms with Gasteiger partial charge in [-0.05, 0) is 80.8 Å². The maximum Gasteiger partial charge on any atom is 0.410 e. The highest BCUT2D eigenvalue weighted by atomic mass is 35.5. The van der Waals surface area contributed by atoms with Crippen LogP contribution in [0.2, 0.25) is 0 Å². The fraction of sp³-hybridized carbons (Fsp3) is 0.400. The van der Waals surface area contributed by atoms with Gasteiger partial charge < -0.3 is 19.3 Å². The van der Waals surface area contributed by atoms with Crippen LogP contribution in [-0.2, 0) is 20.7 Å². The van der Waals surface area contributed by atoms with Crippen molar-refractivity contribution in [3.8, 4) is 11.5 Å². The number of hydrogen-bond acceptors (Lipinski definition) is 5. The molecule has 0 N–H and O–H groups in total. The average Bonchev–Trinajstić information content (AvgIpc) is 3.01. The number of para-hydroxylation sites is 1. The molecule has 0 saturated carbocycles. The Labute approximate surface area is 269 Å². The second-order valence-corrected chi connectivity index (χ2v) is 12.7. The van der Waals surface area contributed by atoms with Crippen molar-refractivity contribution >= 4 is 35.2 Å². The Balaban J connectivity index is 1.65. The lowest BCUT2D eigenvalue weighted by atomic mass is 9.97. The number of ether oxygens (including phenoxy) is 2. The van der Waals surface area contributed by atoms with Crippen molar-refractivity contribution in [2.75, 3.05) is 30.4 Å². The second-order valence-electron chi connectivity index (χ2n) is 12.4. The van der Waals surface area contributed by atoms with Gasteiger partial charge in [0.25, 0.3) is 0 Å². The van der Waals surface area contributed by atoms with Crippen LogP contribution in [-0.4, -0.2) is 70.9 Å². The van der Waals surface area contributed by atoms with Gasteiger partial charge in [-0.15, -0.1) is 11.6 Å². The Kier molecular flexibility index (Phi) is 11.1. The average molecular weight is 638 g/mol. The minimum Gasteiger partial charge on any atom is -0.457 e. The van der Waals surface area contributed by atoms with Gasteiger partial charge in [0.1, 0.15) is 34.8 Å². The van der Waals surface area contributed by atoms with Gasteiger partial charge in [0, 0.05) is 31.7 Å². The third-order valence-electron chi connectivity index (χ3n) is 7.54. The van der Waals surface area contributed by atoms with Crippen LogP contribution in [0.3, 0.4) is 0 Å². The van der Waals surface area contributed by atoms with E-state index in [0.29, 0.717) is 22.7 Å². The van der Waals surface area contributed by atoms with Crippen LogP contribution in [0.1, 0.15) is 40.2 Å². The van der Waals surface area contributed by atoms with E-state index >= 15 is 0 Å². The van der Waals surface area contributed by atoms with Crippen molar-refractivity contribution in [2.24, 2.45) is 5.92 Å². The summed E-state index contributed by atoms with van der Waals surface area (Å²) in [5.41, 5.74) is 0.490. The summed E-state index contributed by atoms with van der Waals surface area (Å²) in [6.07, 6.45) is -0.296. The van der Waals surface area contributed by atoms with E-state index in [0.717, 1.165) is 0 Å². The predicted molar refractivity (Wildman–Crippen MR) is 173 cm³/mol. The summed E-state index contributed by atoms with van der Waals surface area (Å²) >= 11 is 6.12. The van der Waals surface area contributed by atoms with E-state index in [1.807, 2.05) is 65.0 Å². The van der Waals surface area contributed by atoms with Gasteiger partial charge in [-0.1, -0.05) is 44.2 Å². The Morgan fingerprint density at radius 2 is 1.56 bits per heavy atom. The van der Waals surface area contributed by atoms with Crippen molar-refractivity contribution < 1.29 is 28.2 Å². The number of alkyl halides is 1. The molecule has 1 fully saturated rings. The van der Waals surface area contributed by atoms with Crippen LogP contribution >= 0.6 is 11.6 Å². The van der Waals surface area contributed by atoms with Gasteiger partial charge in [0.05, 0.1) is 6.04 Å². The summed E-state index contributed by atoms with van der Waals surface area (Å²) in [6, 6.07) is 20.8. The maximum atomic E-state index is 14.4. The molecule has 0 aromatic heterocycles. The topological polar surface area (TPSA) is 79.4 Å². The predicted octanol–water partition coefficient (Wildman–Crippen LogP) is 6.91. The number of carbonyl (C=O) groups is 3. The van der Waals surface area contributed by atoms with Gasteiger partial charge >= 0.3 is 6.09 Å². The first kappa shape index (κ1) is 33.8. The van der Waals surface area contributed by atoms with E-state index < -0.39 is 29.5 Å². The summed E-state index contributed by atoms with van der Waals surface area (Å²) in [7, 11) is 0. The lowest BCUT2D eigenvalue weighted by Crippen LogP contribution is -2.62. The summed E-state index contributed by atoms with van der Waals surface area (Å²) < 4.78 is 25.4. The second kappa shape index (κ2) is 14.8. The van der Waals surface area contributed by atoms with Crippen LogP contribution in [0, 0.1) is 11.7 Å². The van der Waals surface area contributed by atoms with Crippen molar-refractivity contribution in [3.63, 3.8) is 0 Å². The first-order valence-electron chi connectivity index (χ1n) is 15.1. The molecular formula is C35H41ClFN3O5. The summed E-state index contributed by atoms with van der Waals surface area (Å²) in [5, 5.41) is 0. The van der Waals surface area contributed by atoms with E-state index in [4.69, 9.17) is 21.1 Å². The van der Waals surface area contributed by atoms with E-state index in [9.17, 15) is 18.8 Å². The third-order valence-corrected chi connectivity index (χ3v) is 7.77. The molecule has 2 unspecified atom stereocenters. The lowest BCUT2D eigenvalue weighted by Gasteiger charge is -2.45. The molecule has 3 aromatic rings. The molecule has 8 nitrogen and oxygen atoms in total. The molecule has 10 heteroatoms. The molecule has 45 heavy (non-hydrogen) atoms. The van der Waals surface area contributed by atoms with Crippen LogP contribution in [0.5, 0.6) is 11.5 Å². The fourth-order valence-corrected chi connectivity index (χ4v) is 5.46. The van der Waals surface area contributed by atoms with Crippen LogP contribution in [0.25, 0.3) is 0 Å². The number of piperazine rings is 1. The number of nitrogens with zero attached hydrogens (tertiary/aromatic N) is 3. The molecule has 3 aromatic carbocycles. The fourth-order valence-electron chi connectivity index (χ4n) is 5.33. The smallest absolute Gasteiger partial charge is 0.410 e. The zero-order valence-electron chi connectivity index (χ0n) is 26.4. The standard InChI is InChI=1S/C35H41ClFN3O5/c1-24(2)31-23-38(19-20-39(31)34(43)45-35(3,4)5)33(42)30(21-25-11-13-26(37)14-12-25)40(32(41)22-36)27-15-17-29(18-16-27)44-28-9-7-6-8-10-28/h6-18,24,30-31H,19-23H2,1-5H3. The number of hydrogen-bond donors (Lipinski definition) is 0. The van der Waals surface area contributed by atoms with E-state index in [2.05, 4.69) is 0 Å². The number of amides is 3. The minimum atomic E-state index is -0.983. The first-order chi connectivity index (χ1) is 21.4. The van der Waals surface area contributed by atoms with Crippen LogP contribution in [0.15, 0.2) is 78.9 Å². The number of benzene rings is 3. The van der Waals surface area contributed by atoms with Crippen molar-refractivity contribution in [3.05, 3.63) is 90.2 Å². The third kappa shape index (κ3) is 8.97. The van der Waals surface area contributed by atoms with Crippen molar-refractivity contribution in [2.45, 2.75) is 58.7 Å². The summed E-state index contributed by atoms with van der Waals surface area (Å²) in [5.74, 6) is -0.255. The number of carbonyl (C=O) groups excluding carboxylic acids is 3. The Morgan fingerprint density at radius 3 is 2.13 bits per heavy atom. The van der Waals surface area contributed by atoms with Crippen LogP contribution in [0.4, 0.5) is 14.9 Å². The van der Waals surface area contributed by atoms with E-state index in [1.54, 1.807) is 46.2 Å². The molecule has 3 amide bonds. The molecule has 0 bridgehead atoms. The molecule has 1 aliphatic heterocycles. The molecule has 0 radical (unpaired) electrons. The van der Waals surface area contributed by atoms with Gasteiger partial charge in [0.2, 0.25) is 11.8 Å². The minimum absolute atomic E-state index is 0.0291. The highest BCUT2D eigenvalue weighted by Gasteiger charge is 2.40. The molecular weight excluding hydrogens is 597 g/mol. The number of rotatable bonds is 9. The molecule has 0 spiro atoms. The largest absolute Gasteiger partial charge is 0.457 e. The molecule has 1 heterocycles. The quantitative estimate of drug-likeness (QED) is 0.238. The van der Waals surface area contributed by atoms with Gasteiger partial charge in [0.15, 0.2) is 0 Å². The monoisotopic (exact) mass is 637 g/mol. The molecule has 4 rings (SSSR count). The Bertz CT molecular complexity index is 1440.